The minimum absolute atomic E-state index is 0.103. The molecule has 2 aliphatic rings. The first-order valence-corrected chi connectivity index (χ1v) is 6.43. The van der Waals surface area contributed by atoms with E-state index < -0.39 is 0 Å². The lowest BCUT2D eigenvalue weighted by Gasteiger charge is -2.14. The molecule has 18 heavy (non-hydrogen) atoms. The van der Waals surface area contributed by atoms with Crippen molar-refractivity contribution in [3.05, 3.63) is 23.8 Å². The van der Waals surface area contributed by atoms with Gasteiger partial charge in [-0.25, -0.2) is 0 Å². The number of benzene rings is 1. The number of nitrogens with zero attached hydrogens (tertiary/aromatic N) is 1. The van der Waals surface area contributed by atoms with E-state index in [1.165, 1.54) is 0 Å². The number of hydrogen-bond donors (Lipinski definition) is 1. The number of likely N-dealkylation sites (N-methyl/N-ethyl adjacent to an activating group) is 1. The smallest absolute Gasteiger partial charge is 0.231 e. The van der Waals surface area contributed by atoms with Crippen LogP contribution in [0.15, 0.2) is 18.2 Å². The van der Waals surface area contributed by atoms with Crippen molar-refractivity contribution in [3.63, 3.8) is 0 Å². The van der Waals surface area contributed by atoms with Gasteiger partial charge in [0.25, 0.3) is 0 Å². The Labute approximate surface area is 106 Å². The van der Waals surface area contributed by atoms with Crippen LogP contribution in [0.2, 0.25) is 0 Å². The molecule has 1 heterocycles. The Kier molecular flexibility index (Phi) is 2.58. The standard InChI is InChI=1S/C14H16N2O2/c1-2-16-12-6-5-11(7-10(12)8-13(16)17)15-14(18)9-3-4-9/h5-7,9H,2-4,8H2,1H3,(H,15,18). The van der Waals surface area contributed by atoms with Crippen molar-refractivity contribution >= 4 is 23.2 Å². The third-order valence-corrected chi connectivity index (χ3v) is 3.54. The molecule has 1 fully saturated rings. The first-order chi connectivity index (χ1) is 8.69. The summed E-state index contributed by atoms with van der Waals surface area (Å²) in [6, 6.07) is 5.72. The molecule has 0 aromatic heterocycles. The van der Waals surface area contributed by atoms with Crippen LogP contribution in [-0.2, 0) is 16.0 Å². The highest BCUT2D eigenvalue weighted by Crippen LogP contribution is 2.33. The van der Waals surface area contributed by atoms with Crippen LogP contribution in [0.5, 0.6) is 0 Å². The van der Waals surface area contributed by atoms with Crippen LogP contribution in [0.4, 0.5) is 11.4 Å². The third-order valence-electron chi connectivity index (χ3n) is 3.54. The number of amides is 2. The molecule has 1 saturated carbocycles. The largest absolute Gasteiger partial charge is 0.326 e. The average molecular weight is 244 g/mol. The Balaban J connectivity index is 1.81. The molecule has 1 aliphatic heterocycles. The van der Waals surface area contributed by atoms with Gasteiger partial charge in [-0.05, 0) is 43.5 Å². The van der Waals surface area contributed by atoms with Crippen molar-refractivity contribution in [2.45, 2.75) is 26.2 Å². The van der Waals surface area contributed by atoms with Crippen molar-refractivity contribution in [1.29, 1.82) is 0 Å². The summed E-state index contributed by atoms with van der Waals surface area (Å²) in [4.78, 5) is 25.2. The number of carbonyl (C=O) groups excluding carboxylic acids is 2. The molecule has 0 unspecified atom stereocenters. The van der Waals surface area contributed by atoms with Gasteiger partial charge in [-0.3, -0.25) is 9.59 Å². The molecule has 0 atom stereocenters. The molecule has 0 spiro atoms. The Morgan fingerprint density at radius 3 is 2.89 bits per heavy atom. The van der Waals surface area contributed by atoms with Crippen LogP contribution in [0.3, 0.4) is 0 Å². The molecule has 3 rings (SSSR count). The summed E-state index contributed by atoms with van der Waals surface area (Å²) in [5.74, 6) is 0.441. The van der Waals surface area contributed by atoms with Gasteiger partial charge in [0.15, 0.2) is 0 Å². The zero-order valence-corrected chi connectivity index (χ0v) is 10.4. The number of rotatable bonds is 3. The van der Waals surface area contributed by atoms with Crippen molar-refractivity contribution in [2.75, 3.05) is 16.8 Å². The number of anilines is 2. The highest BCUT2D eigenvalue weighted by atomic mass is 16.2. The van der Waals surface area contributed by atoms with E-state index in [1.807, 2.05) is 25.1 Å². The van der Waals surface area contributed by atoms with Gasteiger partial charge < -0.3 is 10.2 Å². The molecule has 0 radical (unpaired) electrons. The van der Waals surface area contributed by atoms with E-state index in [2.05, 4.69) is 5.32 Å². The third kappa shape index (κ3) is 1.88. The summed E-state index contributed by atoms with van der Waals surface area (Å²) >= 11 is 0. The molecule has 94 valence electrons. The van der Waals surface area contributed by atoms with E-state index in [-0.39, 0.29) is 17.7 Å². The first-order valence-electron chi connectivity index (χ1n) is 6.43. The van der Waals surface area contributed by atoms with Gasteiger partial charge >= 0.3 is 0 Å². The maximum absolute atomic E-state index is 11.8. The average Bonchev–Trinajstić information content (AvgIpc) is 3.12. The first kappa shape index (κ1) is 11.3. The second kappa shape index (κ2) is 4.12. The quantitative estimate of drug-likeness (QED) is 0.883. The maximum atomic E-state index is 11.8. The molecule has 0 saturated heterocycles. The van der Waals surface area contributed by atoms with Crippen LogP contribution < -0.4 is 10.2 Å². The van der Waals surface area contributed by atoms with E-state index in [1.54, 1.807) is 4.90 Å². The Morgan fingerprint density at radius 1 is 1.44 bits per heavy atom. The van der Waals surface area contributed by atoms with Crippen molar-refractivity contribution in [3.8, 4) is 0 Å². The lowest BCUT2D eigenvalue weighted by atomic mass is 10.1. The minimum Gasteiger partial charge on any atom is -0.326 e. The normalized spacial score (nSPS) is 17.8. The molecule has 4 nitrogen and oxygen atoms in total. The number of fused-ring (bicyclic) bond motifs is 1. The van der Waals surface area contributed by atoms with E-state index in [4.69, 9.17) is 0 Å². The lowest BCUT2D eigenvalue weighted by Crippen LogP contribution is -2.25. The van der Waals surface area contributed by atoms with Gasteiger partial charge in [-0.2, -0.15) is 0 Å². The fraction of sp³-hybridized carbons (Fsp3) is 0.429. The van der Waals surface area contributed by atoms with E-state index in [0.29, 0.717) is 13.0 Å². The number of hydrogen-bond acceptors (Lipinski definition) is 2. The van der Waals surface area contributed by atoms with Crippen molar-refractivity contribution in [2.24, 2.45) is 5.92 Å². The van der Waals surface area contributed by atoms with Gasteiger partial charge in [-0.1, -0.05) is 0 Å². The summed E-state index contributed by atoms with van der Waals surface area (Å²) in [5, 5.41) is 2.91. The Morgan fingerprint density at radius 2 is 2.22 bits per heavy atom. The summed E-state index contributed by atoms with van der Waals surface area (Å²) in [6.45, 7) is 2.66. The second-order valence-corrected chi connectivity index (χ2v) is 4.92. The van der Waals surface area contributed by atoms with Crippen molar-refractivity contribution in [1.82, 2.24) is 0 Å². The van der Waals surface area contributed by atoms with E-state index >= 15 is 0 Å². The van der Waals surface area contributed by atoms with Crippen LogP contribution in [-0.4, -0.2) is 18.4 Å². The van der Waals surface area contributed by atoms with Crippen LogP contribution >= 0.6 is 0 Å². The second-order valence-electron chi connectivity index (χ2n) is 4.92. The predicted molar refractivity (Wildman–Crippen MR) is 69.5 cm³/mol. The fourth-order valence-electron chi connectivity index (χ4n) is 2.40. The number of nitrogens with one attached hydrogen (secondary N) is 1. The highest BCUT2D eigenvalue weighted by Gasteiger charge is 2.30. The zero-order chi connectivity index (χ0) is 12.7. The zero-order valence-electron chi connectivity index (χ0n) is 10.4. The maximum Gasteiger partial charge on any atom is 0.231 e. The fourth-order valence-corrected chi connectivity index (χ4v) is 2.40. The summed E-state index contributed by atoms with van der Waals surface area (Å²) in [7, 11) is 0. The molecule has 1 aromatic rings. The summed E-state index contributed by atoms with van der Waals surface area (Å²) < 4.78 is 0. The Hall–Kier alpha value is -1.84. The van der Waals surface area contributed by atoms with E-state index in [9.17, 15) is 9.59 Å². The van der Waals surface area contributed by atoms with Gasteiger partial charge in [0.1, 0.15) is 0 Å². The lowest BCUT2D eigenvalue weighted by molar-refractivity contribution is -0.118. The number of carbonyl (C=O) groups is 2. The Bertz CT molecular complexity index is 521. The summed E-state index contributed by atoms with van der Waals surface area (Å²) in [5.41, 5.74) is 2.79. The SMILES string of the molecule is CCN1C(=O)Cc2cc(NC(=O)C3CC3)ccc21. The molecular weight excluding hydrogens is 228 g/mol. The van der Waals surface area contributed by atoms with Crippen molar-refractivity contribution < 1.29 is 9.59 Å². The van der Waals surface area contributed by atoms with Gasteiger partial charge in [0, 0.05) is 23.8 Å². The van der Waals surface area contributed by atoms with Gasteiger partial charge in [0.05, 0.1) is 6.42 Å². The molecule has 2 amide bonds. The predicted octanol–water partition coefficient (Wildman–Crippen LogP) is 1.94. The molecule has 4 heteroatoms. The van der Waals surface area contributed by atoms with E-state index in [0.717, 1.165) is 29.8 Å². The van der Waals surface area contributed by atoms with Crippen LogP contribution in [0.25, 0.3) is 0 Å². The molecule has 1 aliphatic carbocycles. The molecule has 1 N–H and O–H groups in total. The van der Waals surface area contributed by atoms with Crippen LogP contribution in [0, 0.1) is 5.92 Å². The van der Waals surface area contributed by atoms with Crippen LogP contribution in [0.1, 0.15) is 25.3 Å². The molecular formula is C14H16N2O2. The topological polar surface area (TPSA) is 49.4 Å². The minimum atomic E-state index is 0.103. The summed E-state index contributed by atoms with van der Waals surface area (Å²) in [6.07, 6.45) is 2.44. The monoisotopic (exact) mass is 244 g/mol. The van der Waals surface area contributed by atoms with Gasteiger partial charge in [-0.15, -0.1) is 0 Å². The molecule has 0 bridgehead atoms. The molecule has 1 aromatic carbocycles. The van der Waals surface area contributed by atoms with Gasteiger partial charge in [0.2, 0.25) is 11.8 Å². The highest BCUT2D eigenvalue weighted by molar-refractivity contribution is 6.02.